The SMILES string of the molecule is CC(C)(C)[C@H](NC(=O)NCCCNS(C)(=O)=O)C(=O)O. The van der Waals surface area contributed by atoms with E-state index in [9.17, 15) is 18.0 Å². The summed E-state index contributed by atoms with van der Waals surface area (Å²) in [5.74, 6) is -1.11. The van der Waals surface area contributed by atoms with E-state index < -0.39 is 33.5 Å². The lowest BCUT2D eigenvalue weighted by Gasteiger charge is -2.27. The fourth-order valence-electron chi connectivity index (χ4n) is 1.38. The summed E-state index contributed by atoms with van der Waals surface area (Å²) >= 11 is 0. The third-order valence-electron chi connectivity index (χ3n) is 2.39. The van der Waals surface area contributed by atoms with Crippen molar-refractivity contribution >= 4 is 22.0 Å². The highest BCUT2D eigenvalue weighted by atomic mass is 32.2. The summed E-state index contributed by atoms with van der Waals surface area (Å²) in [7, 11) is -3.23. The lowest BCUT2D eigenvalue weighted by molar-refractivity contribution is -0.141. The van der Waals surface area contributed by atoms with Crippen molar-refractivity contribution in [2.45, 2.75) is 33.2 Å². The van der Waals surface area contributed by atoms with Gasteiger partial charge >= 0.3 is 12.0 Å². The zero-order valence-electron chi connectivity index (χ0n) is 12.2. The fourth-order valence-corrected chi connectivity index (χ4v) is 1.89. The molecule has 8 nitrogen and oxygen atoms in total. The number of hydrogen-bond donors (Lipinski definition) is 4. The van der Waals surface area contributed by atoms with Gasteiger partial charge in [-0.05, 0) is 11.8 Å². The van der Waals surface area contributed by atoms with Crippen LogP contribution in [0.1, 0.15) is 27.2 Å². The zero-order chi connectivity index (χ0) is 16.0. The summed E-state index contributed by atoms with van der Waals surface area (Å²) < 4.78 is 23.9. The van der Waals surface area contributed by atoms with Crippen LogP contribution < -0.4 is 15.4 Å². The van der Waals surface area contributed by atoms with Gasteiger partial charge in [0.05, 0.1) is 6.26 Å². The highest BCUT2D eigenvalue weighted by Crippen LogP contribution is 2.19. The third kappa shape index (κ3) is 8.70. The molecule has 0 rings (SSSR count). The summed E-state index contributed by atoms with van der Waals surface area (Å²) in [4.78, 5) is 22.6. The number of carboxylic acids is 1. The molecule has 0 fully saturated rings. The number of urea groups is 1. The van der Waals surface area contributed by atoms with Crippen LogP contribution in [0, 0.1) is 5.41 Å². The smallest absolute Gasteiger partial charge is 0.326 e. The number of hydrogen-bond acceptors (Lipinski definition) is 4. The van der Waals surface area contributed by atoms with Gasteiger partial charge in [0.2, 0.25) is 10.0 Å². The van der Waals surface area contributed by atoms with E-state index in [1.54, 1.807) is 20.8 Å². The summed E-state index contributed by atoms with van der Waals surface area (Å²) in [6, 6.07) is -1.59. The minimum Gasteiger partial charge on any atom is -0.480 e. The monoisotopic (exact) mass is 309 g/mol. The second kappa shape index (κ2) is 7.44. The lowest BCUT2D eigenvalue weighted by Crippen LogP contribution is -2.52. The largest absolute Gasteiger partial charge is 0.480 e. The van der Waals surface area contributed by atoms with E-state index in [2.05, 4.69) is 15.4 Å². The Bertz CT molecular complexity index is 441. The van der Waals surface area contributed by atoms with Gasteiger partial charge < -0.3 is 15.7 Å². The van der Waals surface area contributed by atoms with Crippen molar-refractivity contribution in [3.05, 3.63) is 0 Å². The lowest BCUT2D eigenvalue weighted by atomic mass is 9.87. The standard InChI is InChI=1S/C11H23N3O5S/c1-11(2,3)8(9(15)16)14-10(17)12-6-5-7-13-20(4,18)19/h8,13H,5-7H2,1-4H3,(H,15,16)(H2,12,14,17)/t8-/m1/s1. The molecule has 0 radical (unpaired) electrons. The number of rotatable bonds is 7. The molecule has 0 bridgehead atoms. The molecule has 2 amide bonds. The molecule has 118 valence electrons. The Morgan fingerprint density at radius 3 is 2.15 bits per heavy atom. The molecule has 0 saturated heterocycles. The molecule has 9 heteroatoms. The van der Waals surface area contributed by atoms with E-state index in [0.717, 1.165) is 6.26 Å². The highest BCUT2D eigenvalue weighted by molar-refractivity contribution is 7.88. The van der Waals surface area contributed by atoms with Gasteiger partial charge in [0.25, 0.3) is 0 Å². The van der Waals surface area contributed by atoms with Crippen LogP contribution >= 0.6 is 0 Å². The van der Waals surface area contributed by atoms with Crippen molar-refractivity contribution < 1.29 is 23.1 Å². The van der Waals surface area contributed by atoms with Crippen molar-refractivity contribution in [1.29, 1.82) is 0 Å². The normalized spacial score (nSPS) is 13.6. The quantitative estimate of drug-likeness (QED) is 0.482. The average molecular weight is 309 g/mol. The molecule has 0 aromatic rings. The minimum atomic E-state index is -3.23. The van der Waals surface area contributed by atoms with E-state index in [1.807, 2.05) is 0 Å². The summed E-state index contributed by atoms with van der Waals surface area (Å²) in [5.41, 5.74) is -0.610. The van der Waals surface area contributed by atoms with Gasteiger partial charge in [-0.15, -0.1) is 0 Å². The number of carboxylic acid groups (broad SMARTS) is 1. The van der Waals surface area contributed by atoms with Crippen molar-refractivity contribution in [3.63, 3.8) is 0 Å². The average Bonchev–Trinajstić information content (AvgIpc) is 2.21. The predicted octanol–water partition coefficient (Wildman–Crippen LogP) is -0.276. The van der Waals surface area contributed by atoms with Crippen molar-refractivity contribution in [1.82, 2.24) is 15.4 Å². The number of carbonyl (C=O) groups excluding carboxylic acids is 1. The molecule has 0 aromatic carbocycles. The van der Waals surface area contributed by atoms with Crippen molar-refractivity contribution in [3.8, 4) is 0 Å². The van der Waals surface area contributed by atoms with Crippen LogP contribution in [0.2, 0.25) is 0 Å². The van der Waals surface area contributed by atoms with E-state index in [4.69, 9.17) is 5.11 Å². The first-order valence-electron chi connectivity index (χ1n) is 6.15. The Morgan fingerprint density at radius 2 is 1.75 bits per heavy atom. The fraction of sp³-hybridized carbons (Fsp3) is 0.818. The molecular formula is C11H23N3O5S. The Kier molecular flexibility index (Phi) is 6.94. The number of nitrogens with one attached hydrogen (secondary N) is 3. The topological polar surface area (TPSA) is 125 Å². The number of sulfonamides is 1. The van der Waals surface area contributed by atoms with Crippen LogP contribution in [-0.4, -0.2) is 50.9 Å². The predicted molar refractivity (Wildman–Crippen MR) is 74.9 cm³/mol. The molecule has 0 saturated carbocycles. The van der Waals surface area contributed by atoms with Gasteiger partial charge in [0.15, 0.2) is 0 Å². The highest BCUT2D eigenvalue weighted by Gasteiger charge is 2.32. The molecule has 0 aliphatic heterocycles. The van der Waals surface area contributed by atoms with Crippen LogP contribution in [0.15, 0.2) is 0 Å². The first-order valence-corrected chi connectivity index (χ1v) is 8.04. The Morgan fingerprint density at radius 1 is 1.20 bits per heavy atom. The first-order chi connectivity index (χ1) is 8.93. The van der Waals surface area contributed by atoms with E-state index in [0.29, 0.717) is 6.42 Å². The second-order valence-electron chi connectivity index (χ2n) is 5.56. The van der Waals surface area contributed by atoms with E-state index in [1.165, 1.54) is 0 Å². The molecule has 0 aliphatic carbocycles. The van der Waals surface area contributed by atoms with Gasteiger partial charge in [0, 0.05) is 13.1 Å². The molecule has 0 aromatic heterocycles. The van der Waals surface area contributed by atoms with Crippen molar-refractivity contribution in [2.75, 3.05) is 19.3 Å². The molecule has 0 aliphatic rings. The third-order valence-corrected chi connectivity index (χ3v) is 3.12. The van der Waals surface area contributed by atoms with Crippen LogP contribution in [0.4, 0.5) is 4.79 Å². The first kappa shape index (κ1) is 18.7. The molecule has 0 spiro atoms. The van der Waals surface area contributed by atoms with Gasteiger partial charge in [0.1, 0.15) is 6.04 Å². The van der Waals surface area contributed by atoms with Crippen molar-refractivity contribution in [2.24, 2.45) is 5.41 Å². The number of carbonyl (C=O) groups is 2. The van der Waals surface area contributed by atoms with Gasteiger partial charge in [-0.3, -0.25) is 0 Å². The molecule has 4 N–H and O–H groups in total. The van der Waals surface area contributed by atoms with Crippen LogP contribution in [-0.2, 0) is 14.8 Å². The van der Waals surface area contributed by atoms with Crippen LogP contribution in [0.3, 0.4) is 0 Å². The Balaban J connectivity index is 4.08. The summed E-state index contributed by atoms with van der Waals surface area (Å²) in [5, 5.41) is 13.9. The summed E-state index contributed by atoms with van der Waals surface area (Å²) in [6.45, 7) is 5.58. The molecule has 0 unspecified atom stereocenters. The molecular weight excluding hydrogens is 286 g/mol. The van der Waals surface area contributed by atoms with Gasteiger partial charge in [-0.25, -0.2) is 22.7 Å². The minimum absolute atomic E-state index is 0.209. The Hall–Kier alpha value is -1.35. The van der Waals surface area contributed by atoms with Gasteiger partial charge in [-0.1, -0.05) is 20.8 Å². The number of aliphatic carboxylic acids is 1. The Labute approximate surface area is 119 Å². The number of amides is 2. The second-order valence-corrected chi connectivity index (χ2v) is 7.39. The van der Waals surface area contributed by atoms with E-state index >= 15 is 0 Å². The summed E-state index contributed by atoms with van der Waals surface area (Å²) in [6.07, 6.45) is 1.46. The maximum absolute atomic E-state index is 11.5. The zero-order valence-corrected chi connectivity index (χ0v) is 13.0. The molecule has 0 heterocycles. The maximum Gasteiger partial charge on any atom is 0.326 e. The van der Waals surface area contributed by atoms with Gasteiger partial charge in [-0.2, -0.15) is 0 Å². The molecule has 20 heavy (non-hydrogen) atoms. The van der Waals surface area contributed by atoms with Crippen LogP contribution in [0.25, 0.3) is 0 Å². The molecule has 1 atom stereocenters. The van der Waals surface area contributed by atoms with E-state index in [-0.39, 0.29) is 13.1 Å². The maximum atomic E-state index is 11.5. The van der Waals surface area contributed by atoms with Crippen LogP contribution in [0.5, 0.6) is 0 Å².